The fraction of sp³-hybridized carbons (Fsp3) is 0.438. The molecule has 1 heterocycles. The summed E-state index contributed by atoms with van der Waals surface area (Å²) >= 11 is 6.22. The number of rotatable bonds is 3. The smallest absolute Gasteiger partial charge is 0.207 e. The summed E-state index contributed by atoms with van der Waals surface area (Å²) in [6.07, 6.45) is 10.3. The van der Waals surface area contributed by atoms with Crippen LogP contribution in [0.3, 0.4) is 0 Å². The number of hydrogen-bond donors (Lipinski definition) is 1. The van der Waals surface area contributed by atoms with Crippen molar-refractivity contribution in [2.75, 3.05) is 5.32 Å². The van der Waals surface area contributed by atoms with Gasteiger partial charge in [-0.2, -0.15) is 0 Å². The van der Waals surface area contributed by atoms with Crippen molar-refractivity contribution in [3.8, 4) is 5.69 Å². The molecule has 106 valence electrons. The van der Waals surface area contributed by atoms with Gasteiger partial charge in [0.25, 0.3) is 0 Å². The highest BCUT2D eigenvalue weighted by Gasteiger charge is 2.15. The Morgan fingerprint density at radius 3 is 2.80 bits per heavy atom. The van der Waals surface area contributed by atoms with E-state index in [9.17, 15) is 0 Å². The molecule has 3 rings (SSSR count). The van der Waals surface area contributed by atoms with Gasteiger partial charge in [0, 0.05) is 29.1 Å². The number of nitrogens with one attached hydrogen (secondary N) is 1. The maximum atomic E-state index is 6.22. The van der Waals surface area contributed by atoms with Crippen molar-refractivity contribution in [1.29, 1.82) is 0 Å². The third kappa shape index (κ3) is 2.83. The van der Waals surface area contributed by atoms with Gasteiger partial charge in [0.15, 0.2) is 0 Å². The van der Waals surface area contributed by atoms with Crippen LogP contribution in [0, 0.1) is 6.92 Å². The SMILES string of the molecule is Cc1ccc(-n2ccnc2NC2CCCCC2)cc1Cl. The Morgan fingerprint density at radius 1 is 1.25 bits per heavy atom. The molecule has 1 aromatic heterocycles. The van der Waals surface area contributed by atoms with E-state index in [0.717, 1.165) is 22.2 Å². The normalized spacial score (nSPS) is 16.3. The van der Waals surface area contributed by atoms with Crippen LogP contribution in [0.2, 0.25) is 5.02 Å². The van der Waals surface area contributed by atoms with Crippen LogP contribution in [-0.2, 0) is 0 Å². The number of halogens is 1. The van der Waals surface area contributed by atoms with Gasteiger partial charge in [0.05, 0.1) is 0 Å². The van der Waals surface area contributed by atoms with Crippen molar-refractivity contribution in [3.63, 3.8) is 0 Å². The zero-order valence-corrected chi connectivity index (χ0v) is 12.5. The minimum atomic E-state index is 0.547. The summed E-state index contributed by atoms with van der Waals surface area (Å²) in [4.78, 5) is 4.45. The van der Waals surface area contributed by atoms with Crippen molar-refractivity contribution < 1.29 is 0 Å². The molecule has 0 atom stereocenters. The predicted octanol–water partition coefficient (Wildman–Crippen LogP) is 4.58. The molecule has 2 aromatic rings. The topological polar surface area (TPSA) is 29.9 Å². The number of benzene rings is 1. The fourth-order valence-electron chi connectivity index (χ4n) is 2.78. The summed E-state index contributed by atoms with van der Waals surface area (Å²) in [5, 5.41) is 4.36. The molecule has 4 heteroatoms. The largest absolute Gasteiger partial charge is 0.353 e. The first-order valence-electron chi connectivity index (χ1n) is 7.30. The lowest BCUT2D eigenvalue weighted by atomic mass is 9.96. The van der Waals surface area contributed by atoms with E-state index in [2.05, 4.69) is 20.9 Å². The second-order valence-electron chi connectivity index (χ2n) is 5.53. The van der Waals surface area contributed by atoms with Crippen molar-refractivity contribution in [1.82, 2.24) is 9.55 Å². The van der Waals surface area contributed by atoms with Crippen molar-refractivity contribution in [2.45, 2.75) is 45.1 Å². The first kappa shape index (κ1) is 13.5. The van der Waals surface area contributed by atoms with Crippen molar-refractivity contribution in [2.24, 2.45) is 0 Å². The summed E-state index contributed by atoms with van der Waals surface area (Å²) in [7, 11) is 0. The van der Waals surface area contributed by atoms with Gasteiger partial charge in [0.1, 0.15) is 0 Å². The number of anilines is 1. The van der Waals surface area contributed by atoms with Gasteiger partial charge < -0.3 is 5.32 Å². The van der Waals surface area contributed by atoms with Gasteiger partial charge >= 0.3 is 0 Å². The molecule has 0 aliphatic heterocycles. The molecule has 20 heavy (non-hydrogen) atoms. The predicted molar refractivity (Wildman–Crippen MR) is 83.8 cm³/mol. The third-order valence-electron chi connectivity index (χ3n) is 4.01. The van der Waals surface area contributed by atoms with Gasteiger partial charge in [0.2, 0.25) is 5.95 Å². The van der Waals surface area contributed by atoms with Crippen molar-refractivity contribution >= 4 is 17.5 Å². The lowest BCUT2D eigenvalue weighted by Gasteiger charge is -2.23. The highest BCUT2D eigenvalue weighted by Crippen LogP contribution is 2.24. The van der Waals surface area contributed by atoms with Crippen LogP contribution in [0.15, 0.2) is 30.6 Å². The number of aryl methyl sites for hydroxylation is 1. The Hall–Kier alpha value is -1.48. The summed E-state index contributed by atoms with van der Waals surface area (Å²) < 4.78 is 2.07. The summed E-state index contributed by atoms with van der Waals surface area (Å²) in [6.45, 7) is 2.02. The van der Waals surface area contributed by atoms with Gasteiger partial charge in [-0.1, -0.05) is 36.9 Å². The van der Waals surface area contributed by atoms with Crippen LogP contribution in [0.4, 0.5) is 5.95 Å². The maximum Gasteiger partial charge on any atom is 0.207 e. The van der Waals surface area contributed by atoms with E-state index in [1.165, 1.54) is 32.1 Å². The lowest BCUT2D eigenvalue weighted by Crippen LogP contribution is -2.24. The third-order valence-corrected chi connectivity index (χ3v) is 4.42. The first-order valence-corrected chi connectivity index (χ1v) is 7.68. The molecule has 0 bridgehead atoms. The fourth-order valence-corrected chi connectivity index (χ4v) is 2.95. The number of aromatic nitrogens is 2. The Bertz CT molecular complexity index is 585. The summed E-state index contributed by atoms with van der Waals surface area (Å²) in [5.41, 5.74) is 2.15. The van der Waals surface area contributed by atoms with E-state index in [-0.39, 0.29) is 0 Å². The number of hydrogen-bond acceptors (Lipinski definition) is 2. The molecule has 0 spiro atoms. The molecule has 1 aromatic carbocycles. The molecule has 1 N–H and O–H groups in total. The molecule has 1 saturated carbocycles. The second kappa shape index (κ2) is 5.88. The van der Waals surface area contributed by atoms with E-state index in [1.54, 1.807) is 0 Å². The Balaban J connectivity index is 1.83. The summed E-state index contributed by atoms with van der Waals surface area (Å²) in [5.74, 6) is 0.914. The quantitative estimate of drug-likeness (QED) is 0.896. The van der Waals surface area contributed by atoms with Gasteiger partial charge in [-0.05, 0) is 37.5 Å². The maximum absolute atomic E-state index is 6.22. The van der Waals surface area contributed by atoms with Gasteiger partial charge in [-0.15, -0.1) is 0 Å². The van der Waals surface area contributed by atoms with E-state index in [1.807, 2.05) is 31.5 Å². The van der Waals surface area contributed by atoms with Crippen molar-refractivity contribution in [3.05, 3.63) is 41.2 Å². The van der Waals surface area contributed by atoms with Gasteiger partial charge in [-0.3, -0.25) is 4.57 Å². The number of nitrogens with zero attached hydrogens (tertiary/aromatic N) is 2. The molecule has 0 radical (unpaired) electrons. The van der Waals surface area contributed by atoms with Crippen LogP contribution in [0.25, 0.3) is 5.69 Å². The minimum Gasteiger partial charge on any atom is -0.353 e. The molecule has 0 amide bonds. The zero-order valence-electron chi connectivity index (χ0n) is 11.8. The zero-order chi connectivity index (χ0) is 13.9. The van der Waals surface area contributed by atoms with Gasteiger partial charge in [-0.25, -0.2) is 4.98 Å². The molecule has 0 saturated heterocycles. The van der Waals surface area contributed by atoms with Crippen LogP contribution in [-0.4, -0.2) is 15.6 Å². The Labute approximate surface area is 125 Å². The minimum absolute atomic E-state index is 0.547. The first-order chi connectivity index (χ1) is 9.74. The molecule has 0 unspecified atom stereocenters. The molecular weight excluding hydrogens is 270 g/mol. The average Bonchev–Trinajstić information content (AvgIpc) is 2.91. The lowest BCUT2D eigenvalue weighted by molar-refractivity contribution is 0.460. The van der Waals surface area contributed by atoms with E-state index in [4.69, 9.17) is 11.6 Å². The van der Waals surface area contributed by atoms with Crippen LogP contribution < -0.4 is 5.32 Å². The number of imidazole rings is 1. The highest BCUT2D eigenvalue weighted by molar-refractivity contribution is 6.31. The van der Waals surface area contributed by atoms with E-state index >= 15 is 0 Å². The van der Waals surface area contributed by atoms with Crippen LogP contribution in [0.1, 0.15) is 37.7 Å². The van der Waals surface area contributed by atoms with Crippen LogP contribution in [0.5, 0.6) is 0 Å². The molecule has 1 fully saturated rings. The monoisotopic (exact) mass is 289 g/mol. The Morgan fingerprint density at radius 2 is 2.05 bits per heavy atom. The van der Waals surface area contributed by atoms with Crippen LogP contribution >= 0.6 is 11.6 Å². The molecule has 3 nitrogen and oxygen atoms in total. The molecule has 1 aliphatic carbocycles. The summed E-state index contributed by atoms with van der Waals surface area (Å²) in [6, 6.07) is 6.66. The standard InChI is InChI=1S/C16H20ClN3/c1-12-7-8-14(11-15(12)17)20-10-9-18-16(20)19-13-5-3-2-4-6-13/h7-11,13H,2-6H2,1H3,(H,18,19). The highest BCUT2D eigenvalue weighted by atomic mass is 35.5. The van der Waals surface area contributed by atoms with E-state index in [0.29, 0.717) is 6.04 Å². The average molecular weight is 290 g/mol. The Kier molecular flexibility index (Phi) is 3.97. The van der Waals surface area contributed by atoms with E-state index < -0.39 is 0 Å². The molecular formula is C16H20ClN3. The molecule has 1 aliphatic rings. The second-order valence-corrected chi connectivity index (χ2v) is 5.94.